The molecule has 3 rings (SSSR count). The zero-order chi connectivity index (χ0) is 18.5. The molecule has 0 fully saturated rings. The Balaban J connectivity index is 1.79. The first-order chi connectivity index (χ1) is 12.5. The summed E-state index contributed by atoms with van der Waals surface area (Å²) in [4.78, 5) is 4.82. The number of halogens is 1. The average Bonchev–Trinajstić information content (AvgIpc) is 2.65. The van der Waals surface area contributed by atoms with Gasteiger partial charge in [0.1, 0.15) is 12.4 Å². The minimum absolute atomic E-state index is 0.0735. The molecule has 0 spiro atoms. The van der Waals surface area contributed by atoms with E-state index in [-0.39, 0.29) is 12.1 Å². The summed E-state index contributed by atoms with van der Waals surface area (Å²) in [6, 6.07) is 14.3. The first kappa shape index (κ1) is 18.7. The van der Waals surface area contributed by atoms with E-state index in [1.807, 2.05) is 37.3 Å². The Morgan fingerprint density at radius 1 is 1.19 bits per heavy atom. The smallest absolute Gasteiger partial charge is 0.119 e. The molecule has 2 aromatic rings. The summed E-state index contributed by atoms with van der Waals surface area (Å²) < 4.78 is 11.1. The maximum absolute atomic E-state index is 5.95. The minimum atomic E-state index is 0.0735. The van der Waals surface area contributed by atoms with Gasteiger partial charge in [0.05, 0.1) is 17.9 Å². The zero-order valence-corrected chi connectivity index (χ0v) is 16.2. The number of aliphatic imine (C=N–C) groups is 1. The van der Waals surface area contributed by atoms with Crippen LogP contribution in [0.15, 0.2) is 53.5 Å². The van der Waals surface area contributed by atoms with Gasteiger partial charge >= 0.3 is 0 Å². The maximum Gasteiger partial charge on any atom is 0.119 e. The van der Waals surface area contributed by atoms with E-state index in [1.54, 1.807) is 7.11 Å². The molecule has 1 heterocycles. The standard InChI is InChI=1S/C22H24ClNO2/c1-15-12-18-13-20(26-14-16(2)25-3)9-10-21(18)22(24-15)11-6-17-4-7-19(23)8-5-17/h4-11,13,15-16H,12,14H2,1-3H3/b11-6+. The monoisotopic (exact) mass is 369 g/mol. The minimum Gasteiger partial charge on any atom is -0.491 e. The van der Waals surface area contributed by atoms with Crippen LogP contribution in [0.4, 0.5) is 0 Å². The van der Waals surface area contributed by atoms with Crippen LogP contribution in [0.3, 0.4) is 0 Å². The molecule has 0 N–H and O–H groups in total. The van der Waals surface area contributed by atoms with Crippen molar-refractivity contribution in [2.75, 3.05) is 13.7 Å². The third kappa shape index (κ3) is 4.75. The van der Waals surface area contributed by atoms with Crippen molar-refractivity contribution in [1.29, 1.82) is 0 Å². The SMILES string of the molecule is COC(C)COc1ccc2c(c1)CC(C)N=C2/C=C/c1ccc(Cl)cc1. The van der Waals surface area contributed by atoms with Crippen molar-refractivity contribution in [3.63, 3.8) is 0 Å². The average molecular weight is 370 g/mol. The molecule has 0 amide bonds. The number of methoxy groups -OCH3 is 1. The molecular formula is C22H24ClNO2. The van der Waals surface area contributed by atoms with Crippen LogP contribution in [0.1, 0.15) is 30.5 Å². The zero-order valence-electron chi connectivity index (χ0n) is 15.4. The Kier molecular flexibility index (Phi) is 6.12. The fraction of sp³-hybridized carbons (Fsp3) is 0.318. The maximum atomic E-state index is 5.95. The molecule has 0 radical (unpaired) electrons. The Bertz CT molecular complexity index is 811. The summed E-state index contributed by atoms with van der Waals surface area (Å²) in [5.74, 6) is 0.878. The second-order valence-corrected chi connectivity index (χ2v) is 7.07. The number of nitrogens with zero attached hydrogens (tertiary/aromatic N) is 1. The fourth-order valence-corrected chi connectivity index (χ4v) is 3.04. The van der Waals surface area contributed by atoms with Gasteiger partial charge in [0.2, 0.25) is 0 Å². The van der Waals surface area contributed by atoms with E-state index in [4.69, 9.17) is 26.1 Å². The molecule has 1 aliphatic heterocycles. The van der Waals surface area contributed by atoms with Crippen LogP contribution in [0.5, 0.6) is 5.75 Å². The van der Waals surface area contributed by atoms with Gasteiger partial charge in [0.15, 0.2) is 0 Å². The van der Waals surface area contributed by atoms with Crippen molar-refractivity contribution in [3.05, 3.63) is 70.3 Å². The predicted octanol–water partition coefficient (Wildman–Crippen LogP) is 5.20. The normalized spacial score (nSPS) is 17.7. The van der Waals surface area contributed by atoms with Crippen LogP contribution in [0, 0.1) is 0 Å². The van der Waals surface area contributed by atoms with Crippen LogP contribution < -0.4 is 4.74 Å². The van der Waals surface area contributed by atoms with Crippen LogP contribution in [0.2, 0.25) is 5.02 Å². The highest BCUT2D eigenvalue weighted by Crippen LogP contribution is 2.25. The number of ether oxygens (including phenoxy) is 2. The first-order valence-corrected chi connectivity index (χ1v) is 9.23. The van der Waals surface area contributed by atoms with Gasteiger partial charge in [-0.3, -0.25) is 4.99 Å². The fourth-order valence-electron chi connectivity index (χ4n) is 2.91. The number of hydrogen-bond acceptors (Lipinski definition) is 3. The van der Waals surface area contributed by atoms with Crippen molar-refractivity contribution < 1.29 is 9.47 Å². The van der Waals surface area contributed by atoms with Gasteiger partial charge in [-0.2, -0.15) is 0 Å². The molecule has 2 atom stereocenters. The molecule has 0 saturated heterocycles. The quantitative estimate of drug-likeness (QED) is 0.700. The molecular weight excluding hydrogens is 346 g/mol. The molecule has 136 valence electrons. The molecule has 26 heavy (non-hydrogen) atoms. The summed E-state index contributed by atoms with van der Waals surface area (Å²) in [5, 5.41) is 0.742. The van der Waals surface area contributed by atoms with E-state index < -0.39 is 0 Å². The van der Waals surface area contributed by atoms with Gasteiger partial charge < -0.3 is 9.47 Å². The molecule has 0 saturated carbocycles. The highest BCUT2D eigenvalue weighted by Gasteiger charge is 2.17. The Labute approximate surface area is 160 Å². The van der Waals surface area contributed by atoms with Crippen molar-refractivity contribution in [2.45, 2.75) is 32.4 Å². The lowest BCUT2D eigenvalue weighted by Crippen LogP contribution is -2.19. The topological polar surface area (TPSA) is 30.8 Å². The summed E-state index contributed by atoms with van der Waals surface area (Å²) in [6.07, 6.45) is 5.14. The van der Waals surface area contributed by atoms with E-state index in [9.17, 15) is 0 Å². The summed E-state index contributed by atoms with van der Waals surface area (Å²) >= 11 is 5.95. The Hall–Kier alpha value is -2.10. The van der Waals surface area contributed by atoms with E-state index in [2.05, 4.69) is 31.2 Å². The summed E-state index contributed by atoms with van der Waals surface area (Å²) in [6.45, 7) is 4.68. The lowest BCUT2D eigenvalue weighted by atomic mass is 9.93. The molecule has 0 bridgehead atoms. The second-order valence-electron chi connectivity index (χ2n) is 6.63. The number of benzene rings is 2. The van der Waals surface area contributed by atoms with E-state index in [0.717, 1.165) is 28.5 Å². The Morgan fingerprint density at radius 3 is 2.69 bits per heavy atom. The highest BCUT2D eigenvalue weighted by atomic mass is 35.5. The van der Waals surface area contributed by atoms with Gasteiger partial charge in [0, 0.05) is 17.7 Å². The van der Waals surface area contributed by atoms with E-state index >= 15 is 0 Å². The molecule has 2 aromatic carbocycles. The third-order valence-corrected chi connectivity index (χ3v) is 4.67. The molecule has 1 aliphatic rings. The number of rotatable bonds is 6. The van der Waals surface area contributed by atoms with Crippen LogP contribution in [0.25, 0.3) is 6.08 Å². The van der Waals surface area contributed by atoms with Crippen molar-refractivity contribution in [2.24, 2.45) is 4.99 Å². The van der Waals surface area contributed by atoms with Gasteiger partial charge in [-0.1, -0.05) is 29.8 Å². The van der Waals surface area contributed by atoms with Gasteiger partial charge in [-0.25, -0.2) is 0 Å². The lowest BCUT2D eigenvalue weighted by Gasteiger charge is -2.21. The van der Waals surface area contributed by atoms with Crippen molar-refractivity contribution in [1.82, 2.24) is 0 Å². The van der Waals surface area contributed by atoms with Crippen LogP contribution in [-0.4, -0.2) is 31.6 Å². The highest BCUT2D eigenvalue weighted by molar-refractivity contribution is 6.30. The third-order valence-electron chi connectivity index (χ3n) is 4.42. The number of fused-ring (bicyclic) bond motifs is 1. The molecule has 2 unspecified atom stereocenters. The van der Waals surface area contributed by atoms with Crippen molar-refractivity contribution in [3.8, 4) is 5.75 Å². The van der Waals surface area contributed by atoms with E-state index in [1.165, 1.54) is 11.1 Å². The molecule has 0 aliphatic carbocycles. The van der Waals surface area contributed by atoms with Gasteiger partial charge in [0.25, 0.3) is 0 Å². The summed E-state index contributed by atoms with van der Waals surface area (Å²) in [7, 11) is 1.69. The van der Waals surface area contributed by atoms with Crippen LogP contribution in [-0.2, 0) is 11.2 Å². The number of hydrogen-bond donors (Lipinski definition) is 0. The largest absolute Gasteiger partial charge is 0.491 e. The molecule has 0 aromatic heterocycles. The molecule has 4 heteroatoms. The first-order valence-electron chi connectivity index (χ1n) is 8.85. The Morgan fingerprint density at radius 2 is 1.96 bits per heavy atom. The van der Waals surface area contributed by atoms with Crippen LogP contribution >= 0.6 is 11.6 Å². The second kappa shape index (κ2) is 8.52. The number of allylic oxidation sites excluding steroid dienone is 1. The summed E-state index contributed by atoms with van der Waals surface area (Å²) in [5.41, 5.74) is 4.54. The van der Waals surface area contributed by atoms with Gasteiger partial charge in [-0.15, -0.1) is 0 Å². The van der Waals surface area contributed by atoms with E-state index in [0.29, 0.717) is 6.61 Å². The molecule has 3 nitrogen and oxygen atoms in total. The van der Waals surface area contributed by atoms with Crippen molar-refractivity contribution >= 4 is 23.4 Å². The lowest BCUT2D eigenvalue weighted by molar-refractivity contribution is 0.0716. The predicted molar refractivity (Wildman–Crippen MR) is 109 cm³/mol. The van der Waals surface area contributed by atoms with Gasteiger partial charge in [-0.05, 0) is 67.8 Å².